The van der Waals surface area contributed by atoms with Crippen LogP contribution < -0.4 is 36.3 Å². The lowest BCUT2D eigenvalue weighted by atomic mass is 13.6. The molecule has 6 heteroatoms. The molecule has 0 aromatic heterocycles. The third-order valence-electron chi connectivity index (χ3n) is 0.109. The van der Waals surface area contributed by atoms with Crippen LogP contribution in [0.1, 0.15) is 0 Å². The molecular weight excluding hydrogens is 205 g/mol. The van der Waals surface area contributed by atoms with Gasteiger partial charge in [0, 0.05) is 0 Å². The van der Waals surface area contributed by atoms with E-state index in [-0.39, 0.29) is 0 Å². The lowest BCUT2D eigenvalue weighted by Gasteiger charge is -1.97. The lowest BCUT2D eigenvalue weighted by Crippen LogP contribution is -4.24. The van der Waals surface area contributed by atoms with Gasteiger partial charge in [-0.25, -0.2) is 0 Å². The van der Waals surface area contributed by atoms with Crippen LogP contribution in [0.2, 0.25) is 0 Å². The number of nitrogens with two attached hydrogens (primary N) is 1. The van der Waals surface area contributed by atoms with Crippen molar-refractivity contribution in [1.29, 1.82) is 0 Å². The number of hydrogen-bond donors (Lipinski definition) is 1. The molecular formula is H2INO4. The molecule has 0 unspecified atom stereocenters. The maximum absolute atomic E-state index is 9.19. The summed E-state index contributed by atoms with van der Waals surface area (Å²) in [5.41, 5.74) is 0. The molecule has 0 amide bonds. The van der Waals surface area contributed by atoms with E-state index in [0.717, 1.165) is 0 Å². The molecule has 0 aromatic carbocycles. The average molecular weight is 207 g/mol. The van der Waals surface area contributed by atoms with Crippen molar-refractivity contribution in [2.24, 2.45) is 5.90 Å². The summed E-state index contributed by atoms with van der Waals surface area (Å²) < 4.78 is 30.5. The molecule has 0 rings (SSSR count). The molecule has 0 fully saturated rings. The summed E-state index contributed by atoms with van der Waals surface area (Å²) in [7, 11) is 0. The van der Waals surface area contributed by atoms with E-state index in [1.807, 2.05) is 0 Å². The van der Waals surface area contributed by atoms with Gasteiger partial charge in [-0.15, -0.1) is 0 Å². The molecule has 0 saturated carbocycles. The Balaban J connectivity index is 3.17. The Kier molecular flexibility index (Phi) is 2.18. The fraction of sp³-hybridized carbons (Fsp3) is 0. The second-order valence-corrected chi connectivity index (χ2v) is 3.13. The van der Waals surface area contributed by atoms with Crippen molar-refractivity contribution < 1.29 is 33.6 Å². The Bertz CT molecular complexity index is 37.3. The van der Waals surface area contributed by atoms with Crippen LogP contribution >= 0.6 is 0 Å². The van der Waals surface area contributed by atoms with E-state index < -0.39 is 20.1 Å². The monoisotopic (exact) mass is 207 g/mol. The second-order valence-electron chi connectivity index (χ2n) is 0.467. The Hall–Kier alpha value is 0.530. The molecule has 0 saturated heterocycles. The first-order chi connectivity index (χ1) is 2.56. The highest BCUT2D eigenvalue weighted by atomic mass is 127. The highest BCUT2D eigenvalue weighted by molar-refractivity contribution is 2.98. The Morgan fingerprint density at radius 1 is 1.33 bits per heavy atom. The van der Waals surface area contributed by atoms with Gasteiger partial charge in [-0.05, 0) is 0 Å². The maximum atomic E-state index is 9.19. The molecule has 38 valence electrons. The van der Waals surface area contributed by atoms with Crippen molar-refractivity contribution in [3.63, 3.8) is 0 Å². The summed E-state index contributed by atoms with van der Waals surface area (Å²) in [6.45, 7) is 0. The van der Waals surface area contributed by atoms with Crippen LogP contribution in [0.15, 0.2) is 0 Å². The van der Waals surface area contributed by atoms with E-state index >= 15 is 0 Å². The fourth-order valence-corrected chi connectivity index (χ4v) is 0. The third kappa shape index (κ3) is 4.53. The minimum absolute atomic E-state index is 2.95. The molecule has 2 N–H and O–H groups in total. The Morgan fingerprint density at radius 3 is 1.50 bits per heavy atom. The molecule has 0 spiro atoms. The SMILES string of the molecule is NO[I+3]([O-])([O-])[O-]. The van der Waals surface area contributed by atoms with Gasteiger partial charge in [0.25, 0.3) is 0 Å². The van der Waals surface area contributed by atoms with Crippen LogP contribution in [0.3, 0.4) is 0 Å². The van der Waals surface area contributed by atoms with E-state index in [1.54, 1.807) is 0 Å². The first-order valence-corrected chi connectivity index (χ1v) is 4.38. The normalized spacial score (nSPS) is 12.0. The molecule has 0 aromatic rings. The van der Waals surface area contributed by atoms with Gasteiger partial charge in [0.15, 0.2) is 0 Å². The first kappa shape index (κ1) is 6.53. The quantitative estimate of drug-likeness (QED) is 0.339. The van der Waals surface area contributed by atoms with Crippen LogP contribution in [-0.4, -0.2) is 0 Å². The average Bonchev–Trinajstić information content (AvgIpc) is 1.35. The first-order valence-electron chi connectivity index (χ1n) is 0.853. The predicted octanol–water partition coefficient (Wildman–Crippen LogP) is -7.22. The zero-order chi connectivity index (χ0) is 5.21. The van der Waals surface area contributed by atoms with Crippen molar-refractivity contribution in [1.82, 2.24) is 0 Å². The van der Waals surface area contributed by atoms with E-state index in [4.69, 9.17) is 0 Å². The summed E-state index contributed by atoms with van der Waals surface area (Å²) >= 11 is -5.45. The van der Waals surface area contributed by atoms with Gasteiger partial charge >= 0.3 is 20.1 Å². The minimum Gasteiger partial charge on any atom is -0.254 e. The van der Waals surface area contributed by atoms with Gasteiger partial charge < -0.3 is 0 Å². The van der Waals surface area contributed by atoms with Gasteiger partial charge in [-0.2, -0.15) is 0 Å². The van der Waals surface area contributed by atoms with E-state index in [9.17, 15) is 10.3 Å². The van der Waals surface area contributed by atoms with Gasteiger partial charge in [-0.1, -0.05) is 5.90 Å². The fourth-order valence-electron chi connectivity index (χ4n) is 0. The van der Waals surface area contributed by atoms with Gasteiger partial charge in [0.05, 0.1) is 0 Å². The molecule has 0 radical (unpaired) electrons. The van der Waals surface area contributed by atoms with Crippen LogP contribution in [-0.2, 0) is 3.17 Å². The van der Waals surface area contributed by atoms with Crippen molar-refractivity contribution in [2.75, 3.05) is 0 Å². The standard InChI is InChI=1S/H2INO4/c2-6-1(3,4)5/h2H2. The molecule has 6 heavy (non-hydrogen) atoms. The maximum Gasteiger partial charge on any atom is 0.402 e. The van der Waals surface area contributed by atoms with Gasteiger partial charge in [-0.3, -0.25) is 10.3 Å². The minimum atomic E-state index is -5.45. The van der Waals surface area contributed by atoms with Crippen LogP contribution in [0.25, 0.3) is 0 Å². The summed E-state index contributed by atoms with van der Waals surface area (Å²) in [6, 6.07) is 0. The Morgan fingerprint density at radius 2 is 1.50 bits per heavy atom. The molecule has 0 heterocycles. The van der Waals surface area contributed by atoms with Gasteiger partial charge in [0.2, 0.25) is 0 Å². The zero-order valence-corrected chi connectivity index (χ0v) is 4.75. The highest BCUT2D eigenvalue weighted by Crippen LogP contribution is 0.875. The summed E-state index contributed by atoms with van der Waals surface area (Å²) in [4.78, 5) is 0. The molecule has 0 bridgehead atoms. The molecule has 0 aliphatic rings. The molecule has 0 aliphatic carbocycles. The second kappa shape index (κ2) is 2.00. The lowest BCUT2D eigenvalue weighted by molar-refractivity contribution is -1.92. The van der Waals surface area contributed by atoms with Crippen LogP contribution in [0.5, 0.6) is 0 Å². The topological polar surface area (TPSA) is 104 Å². The van der Waals surface area contributed by atoms with Crippen LogP contribution in [0, 0.1) is 0 Å². The summed E-state index contributed by atoms with van der Waals surface area (Å²) in [5.74, 6) is 3.95. The van der Waals surface area contributed by atoms with Crippen molar-refractivity contribution >= 4 is 0 Å². The number of rotatable bonds is 1. The smallest absolute Gasteiger partial charge is 0.254 e. The molecule has 0 atom stereocenters. The Labute approximate surface area is 40.0 Å². The van der Waals surface area contributed by atoms with Crippen molar-refractivity contribution in [3.05, 3.63) is 0 Å². The van der Waals surface area contributed by atoms with E-state index in [2.05, 4.69) is 9.06 Å². The van der Waals surface area contributed by atoms with Gasteiger partial charge in [0.1, 0.15) is 3.17 Å². The number of halogens is 1. The van der Waals surface area contributed by atoms with E-state index in [0.29, 0.717) is 0 Å². The van der Waals surface area contributed by atoms with Crippen LogP contribution in [0.4, 0.5) is 0 Å². The molecule has 0 aliphatic heterocycles. The number of hydrogen-bond acceptors (Lipinski definition) is 5. The largest absolute Gasteiger partial charge is 0.402 e. The zero-order valence-electron chi connectivity index (χ0n) is 2.59. The summed E-state index contributed by atoms with van der Waals surface area (Å²) in [5, 5.41) is 0. The summed E-state index contributed by atoms with van der Waals surface area (Å²) in [6.07, 6.45) is 0. The predicted molar refractivity (Wildman–Crippen MR) is 5.27 cm³/mol. The van der Waals surface area contributed by atoms with Crippen molar-refractivity contribution in [3.8, 4) is 0 Å². The van der Waals surface area contributed by atoms with E-state index in [1.165, 1.54) is 0 Å². The van der Waals surface area contributed by atoms with Crippen molar-refractivity contribution in [2.45, 2.75) is 0 Å². The highest BCUT2D eigenvalue weighted by Gasteiger charge is 2.22. The third-order valence-corrected chi connectivity index (χ3v) is 0.732. The molecule has 5 nitrogen and oxygen atoms in total.